The largest absolute Gasteiger partial charge is 0.348 e. The van der Waals surface area contributed by atoms with E-state index in [0.29, 0.717) is 26.7 Å². The van der Waals surface area contributed by atoms with Gasteiger partial charge in [-0.25, -0.2) is 44.3 Å². The van der Waals surface area contributed by atoms with E-state index < -0.39 is 69.3 Å². The normalized spacial score (nSPS) is 14.0. The van der Waals surface area contributed by atoms with Crippen molar-refractivity contribution >= 4 is 20.6 Å². The van der Waals surface area contributed by atoms with Gasteiger partial charge in [-0.15, -0.1) is 0 Å². The highest BCUT2D eigenvalue weighted by Gasteiger charge is 2.38. The minimum atomic E-state index is -3.73. The van der Waals surface area contributed by atoms with Crippen molar-refractivity contribution in [3.05, 3.63) is 82.2 Å². The third-order valence-electron chi connectivity index (χ3n) is 6.92. The minimum absolute atomic E-state index is 0.0424. The van der Waals surface area contributed by atoms with Crippen LogP contribution in [0.3, 0.4) is 0 Å². The van der Waals surface area contributed by atoms with Gasteiger partial charge >= 0.3 is 11.4 Å². The van der Waals surface area contributed by atoms with Gasteiger partial charge in [0.25, 0.3) is 11.8 Å². The Morgan fingerprint density at radius 1 is 0.776 bits per heavy atom. The summed E-state index contributed by atoms with van der Waals surface area (Å²) in [5, 5.41) is 0. The van der Waals surface area contributed by atoms with Gasteiger partial charge in [0.15, 0.2) is 22.2 Å². The number of halogens is 6. The van der Waals surface area contributed by atoms with Crippen LogP contribution in [0.15, 0.2) is 80.6 Å². The monoisotopic (exact) mass is 734 g/mol. The number of sulfone groups is 1. The zero-order chi connectivity index (χ0) is 36.7. The van der Waals surface area contributed by atoms with Crippen LogP contribution in [0.1, 0.15) is 27.7 Å². The summed E-state index contributed by atoms with van der Waals surface area (Å²) in [5.74, 6) is -7.22. The summed E-state index contributed by atoms with van der Waals surface area (Å²) in [6.07, 6.45) is 0.0786. The van der Waals surface area contributed by atoms with Gasteiger partial charge in [0, 0.05) is 30.5 Å². The molecule has 0 fully saturated rings. The molecule has 11 nitrogen and oxygen atoms in total. The predicted octanol–water partition coefficient (Wildman–Crippen LogP) is 4.52. The number of pyridine rings is 2. The Balaban J connectivity index is 0.000000266. The molecule has 0 bridgehead atoms. The molecule has 0 aromatic carbocycles. The fourth-order valence-electron chi connectivity index (χ4n) is 3.98. The topological polar surface area (TPSA) is 147 Å². The summed E-state index contributed by atoms with van der Waals surface area (Å²) in [5.41, 5.74) is -1.72. The number of hydrogen-bond donors (Lipinski definition) is 0. The molecule has 4 heterocycles. The molecule has 0 saturated carbocycles. The zero-order valence-electron chi connectivity index (χ0n) is 26.6. The molecular formula is C30H32F6N6O5S2. The van der Waals surface area contributed by atoms with Crippen LogP contribution >= 0.6 is 0 Å². The van der Waals surface area contributed by atoms with E-state index in [0.717, 1.165) is 19.3 Å². The Hall–Kier alpha value is -4.26. The number of aromatic nitrogens is 6. The van der Waals surface area contributed by atoms with Crippen LogP contribution in [-0.2, 0) is 33.7 Å². The Morgan fingerprint density at radius 3 is 1.65 bits per heavy atom. The molecule has 0 spiro atoms. The lowest BCUT2D eigenvalue weighted by molar-refractivity contribution is -0.0788. The van der Waals surface area contributed by atoms with Gasteiger partial charge in [-0.1, -0.05) is 13.8 Å². The van der Waals surface area contributed by atoms with Crippen molar-refractivity contribution in [1.82, 2.24) is 29.1 Å². The molecule has 0 aliphatic heterocycles. The van der Waals surface area contributed by atoms with Gasteiger partial charge in [-0.05, 0) is 50.2 Å². The van der Waals surface area contributed by atoms with Crippen LogP contribution in [0.2, 0.25) is 0 Å². The highest BCUT2D eigenvalue weighted by atomic mass is 32.2. The van der Waals surface area contributed by atoms with Gasteiger partial charge in [0.1, 0.15) is 11.4 Å². The lowest BCUT2D eigenvalue weighted by atomic mass is 10.2. The maximum atomic E-state index is 13.4. The Morgan fingerprint density at radius 2 is 1.22 bits per heavy atom. The van der Waals surface area contributed by atoms with Crippen LogP contribution in [0, 0.1) is 0 Å². The molecule has 0 radical (unpaired) electrons. The molecule has 0 N–H and O–H groups in total. The van der Waals surface area contributed by atoms with Gasteiger partial charge in [-0.3, -0.25) is 23.3 Å². The number of rotatable bonds is 12. The van der Waals surface area contributed by atoms with Gasteiger partial charge in [0.2, 0.25) is 0 Å². The highest BCUT2D eigenvalue weighted by molar-refractivity contribution is 7.91. The molecule has 4 aromatic heterocycles. The van der Waals surface area contributed by atoms with Gasteiger partial charge < -0.3 is 0 Å². The van der Waals surface area contributed by atoms with Crippen molar-refractivity contribution in [3.8, 4) is 22.8 Å². The fourth-order valence-corrected chi connectivity index (χ4v) is 5.94. The van der Waals surface area contributed by atoms with Crippen LogP contribution < -0.4 is 11.4 Å². The second-order valence-electron chi connectivity index (χ2n) is 10.4. The van der Waals surface area contributed by atoms with Crippen molar-refractivity contribution in [2.24, 2.45) is 0 Å². The summed E-state index contributed by atoms with van der Waals surface area (Å²) in [7, 11) is -4.94. The van der Waals surface area contributed by atoms with E-state index in [4.69, 9.17) is 0 Å². The zero-order valence-corrected chi connectivity index (χ0v) is 28.2. The van der Waals surface area contributed by atoms with Crippen LogP contribution in [0.25, 0.3) is 22.8 Å². The van der Waals surface area contributed by atoms with E-state index in [1.54, 1.807) is 19.1 Å². The molecule has 4 rings (SSSR count). The Kier molecular flexibility index (Phi) is 12.8. The number of alkyl halides is 6. The van der Waals surface area contributed by atoms with E-state index in [-0.39, 0.29) is 33.4 Å². The molecule has 0 saturated heterocycles. The van der Waals surface area contributed by atoms with E-state index in [1.165, 1.54) is 43.6 Å². The van der Waals surface area contributed by atoms with Gasteiger partial charge in [0.05, 0.1) is 50.8 Å². The van der Waals surface area contributed by atoms with Crippen molar-refractivity contribution in [1.29, 1.82) is 0 Å². The second-order valence-corrected chi connectivity index (χ2v) is 14.4. The molecule has 19 heteroatoms. The Bertz CT molecular complexity index is 2020. The standard InChI is InChI=1S/C15H16F3N3O3S.C15H16F3N3O2S/c1-3-25(23,24)12-5-4-7-19-13(12)11-6-8-21(14(22)20-11)9-15(17,18)10(2)16;1-3-24(23)12-5-4-7-19-13(12)11-6-8-21(14(22)20-11)9-15(17,18)10(2)16/h4-8,10H,3,9H2,1-2H3;4-8,10H,3,9H2,1-2H3. The van der Waals surface area contributed by atoms with E-state index in [1.807, 2.05) is 0 Å². The average Bonchev–Trinajstić information content (AvgIpc) is 3.06. The van der Waals surface area contributed by atoms with E-state index in [2.05, 4.69) is 19.9 Å². The van der Waals surface area contributed by atoms with Crippen molar-refractivity contribution < 1.29 is 39.0 Å². The summed E-state index contributed by atoms with van der Waals surface area (Å²) in [6, 6.07) is 8.48. The Labute approximate surface area is 279 Å². The summed E-state index contributed by atoms with van der Waals surface area (Å²) < 4.78 is 117. The highest BCUT2D eigenvalue weighted by Crippen LogP contribution is 2.26. The molecule has 4 aromatic rings. The maximum Gasteiger partial charge on any atom is 0.348 e. The molecular weight excluding hydrogens is 702 g/mol. The quantitative estimate of drug-likeness (QED) is 0.192. The van der Waals surface area contributed by atoms with Crippen molar-refractivity contribution in [2.45, 2.75) is 74.8 Å². The maximum absolute atomic E-state index is 13.4. The van der Waals surface area contributed by atoms with Crippen LogP contribution in [-0.4, -0.2) is 77.4 Å². The molecule has 3 unspecified atom stereocenters. The summed E-state index contributed by atoms with van der Waals surface area (Å²) in [6.45, 7) is 2.35. The lowest BCUT2D eigenvalue weighted by Crippen LogP contribution is -2.37. The molecule has 266 valence electrons. The smallest absolute Gasteiger partial charge is 0.293 e. The minimum Gasteiger partial charge on any atom is -0.293 e. The summed E-state index contributed by atoms with van der Waals surface area (Å²) >= 11 is 0. The SMILES string of the molecule is CCS(=O)(=O)c1cccnc1-c1ccn(CC(F)(F)C(C)F)c(=O)n1.CCS(=O)c1cccnc1-c1ccn(CC(F)(F)C(C)F)c(=O)n1. The predicted molar refractivity (Wildman–Crippen MR) is 169 cm³/mol. The fraction of sp³-hybridized carbons (Fsp3) is 0.400. The molecule has 0 amide bonds. The first-order chi connectivity index (χ1) is 22.8. The third kappa shape index (κ3) is 9.68. The first-order valence-electron chi connectivity index (χ1n) is 14.5. The van der Waals surface area contributed by atoms with E-state index >= 15 is 0 Å². The van der Waals surface area contributed by atoms with E-state index in [9.17, 15) is 48.6 Å². The van der Waals surface area contributed by atoms with Crippen molar-refractivity contribution in [2.75, 3.05) is 11.5 Å². The van der Waals surface area contributed by atoms with Crippen molar-refractivity contribution in [3.63, 3.8) is 0 Å². The second kappa shape index (κ2) is 16.0. The first-order valence-corrected chi connectivity index (χ1v) is 17.5. The molecule has 0 aliphatic rings. The molecule has 49 heavy (non-hydrogen) atoms. The lowest BCUT2D eigenvalue weighted by Gasteiger charge is -2.18. The van der Waals surface area contributed by atoms with Gasteiger partial charge in [-0.2, -0.15) is 9.97 Å². The average molecular weight is 735 g/mol. The number of hydrogen-bond acceptors (Lipinski definition) is 9. The van der Waals surface area contributed by atoms with Crippen LogP contribution in [0.4, 0.5) is 26.3 Å². The van der Waals surface area contributed by atoms with Crippen LogP contribution in [0.5, 0.6) is 0 Å². The summed E-state index contributed by atoms with van der Waals surface area (Å²) in [4.78, 5) is 39.6. The molecule has 0 aliphatic carbocycles. The number of nitrogens with zero attached hydrogens (tertiary/aromatic N) is 6. The first kappa shape index (κ1) is 39.2. The molecule has 3 atom stereocenters. The third-order valence-corrected chi connectivity index (χ3v) is 10.0.